The van der Waals surface area contributed by atoms with Crippen molar-refractivity contribution < 1.29 is 4.42 Å². The van der Waals surface area contributed by atoms with Gasteiger partial charge in [0.05, 0.1) is 6.26 Å². The molecule has 2 heterocycles. The van der Waals surface area contributed by atoms with Gasteiger partial charge >= 0.3 is 0 Å². The topological polar surface area (TPSA) is 38.9 Å². The monoisotopic (exact) mass is 236 g/mol. The van der Waals surface area contributed by atoms with Gasteiger partial charge in [-0.1, -0.05) is 32.4 Å². The molecule has 3 nitrogen and oxygen atoms in total. The van der Waals surface area contributed by atoms with E-state index in [0.717, 1.165) is 5.69 Å². The van der Waals surface area contributed by atoms with Crippen molar-refractivity contribution in [2.24, 2.45) is 0 Å². The van der Waals surface area contributed by atoms with Crippen LogP contribution in [-0.4, -0.2) is 9.97 Å². The first-order valence-corrected chi connectivity index (χ1v) is 5.43. The fourth-order valence-electron chi connectivity index (χ4n) is 1.30. The first-order chi connectivity index (χ1) is 7.47. The third kappa shape index (κ3) is 2.25. The number of halogens is 1. The molecule has 0 atom stereocenters. The average molecular weight is 237 g/mol. The molecule has 4 heteroatoms. The summed E-state index contributed by atoms with van der Waals surface area (Å²) in [6, 6.07) is 5.38. The molecule has 0 spiro atoms. The highest BCUT2D eigenvalue weighted by Gasteiger charge is 2.19. The van der Waals surface area contributed by atoms with Crippen LogP contribution in [0.25, 0.3) is 11.5 Å². The van der Waals surface area contributed by atoms with Crippen molar-refractivity contribution in [2.75, 3.05) is 0 Å². The predicted molar refractivity (Wildman–Crippen MR) is 63.4 cm³/mol. The van der Waals surface area contributed by atoms with Crippen LogP contribution in [0, 0.1) is 0 Å². The van der Waals surface area contributed by atoms with E-state index in [-0.39, 0.29) is 5.41 Å². The van der Waals surface area contributed by atoms with Gasteiger partial charge < -0.3 is 4.42 Å². The van der Waals surface area contributed by atoms with E-state index < -0.39 is 0 Å². The summed E-state index contributed by atoms with van der Waals surface area (Å²) in [7, 11) is 0. The van der Waals surface area contributed by atoms with E-state index in [1.807, 2.05) is 32.9 Å². The summed E-state index contributed by atoms with van der Waals surface area (Å²) < 4.78 is 5.29. The lowest BCUT2D eigenvalue weighted by molar-refractivity contribution is 0.541. The third-order valence-corrected chi connectivity index (χ3v) is 2.33. The first-order valence-electron chi connectivity index (χ1n) is 5.06. The molecule has 0 saturated heterocycles. The number of furan rings is 1. The Kier molecular flexibility index (Phi) is 2.72. The van der Waals surface area contributed by atoms with Crippen molar-refractivity contribution in [3.05, 3.63) is 35.4 Å². The van der Waals surface area contributed by atoms with Crippen LogP contribution in [0.4, 0.5) is 0 Å². The summed E-state index contributed by atoms with van der Waals surface area (Å²) in [4.78, 5) is 8.69. The average Bonchev–Trinajstić information content (AvgIpc) is 2.68. The van der Waals surface area contributed by atoms with Crippen LogP contribution in [0.2, 0.25) is 5.15 Å². The number of hydrogen-bond acceptors (Lipinski definition) is 3. The molecule has 0 amide bonds. The van der Waals surface area contributed by atoms with Gasteiger partial charge in [0.25, 0.3) is 0 Å². The van der Waals surface area contributed by atoms with Crippen LogP contribution < -0.4 is 0 Å². The number of hydrogen-bond donors (Lipinski definition) is 0. The summed E-state index contributed by atoms with van der Waals surface area (Å²) in [6.45, 7) is 6.14. The van der Waals surface area contributed by atoms with Crippen LogP contribution in [0.1, 0.15) is 26.6 Å². The molecule has 0 unspecified atom stereocenters. The highest BCUT2D eigenvalue weighted by Crippen LogP contribution is 2.25. The highest BCUT2D eigenvalue weighted by molar-refractivity contribution is 6.29. The lowest BCUT2D eigenvalue weighted by Gasteiger charge is -2.16. The maximum atomic E-state index is 5.98. The van der Waals surface area contributed by atoms with Gasteiger partial charge in [0.2, 0.25) is 0 Å². The molecule has 84 valence electrons. The van der Waals surface area contributed by atoms with Gasteiger partial charge in [-0.2, -0.15) is 0 Å². The number of rotatable bonds is 1. The fourth-order valence-corrected chi connectivity index (χ4v) is 1.49. The van der Waals surface area contributed by atoms with Crippen molar-refractivity contribution in [1.29, 1.82) is 0 Å². The van der Waals surface area contributed by atoms with E-state index in [1.54, 1.807) is 12.3 Å². The van der Waals surface area contributed by atoms with Gasteiger partial charge in [-0.25, -0.2) is 9.97 Å². The van der Waals surface area contributed by atoms with Gasteiger partial charge in [0, 0.05) is 11.5 Å². The third-order valence-electron chi connectivity index (χ3n) is 2.14. The van der Waals surface area contributed by atoms with Crippen LogP contribution in [0.5, 0.6) is 0 Å². The summed E-state index contributed by atoms with van der Waals surface area (Å²) >= 11 is 5.98. The van der Waals surface area contributed by atoms with Crippen LogP contribution in [0.3, 0.4) is 0 Å². The molecular formula is C12H13ClN2O. The number of aromatic nitrogens is 2. The summed E-state index contributed by atoms with van der Waals surface area (Å²) in [6.07, 6.45) is 1.61. The van der Waals surface area contributed by atoms with Crippen molar-refractivity contribution in [3.8, 4) is 11.5 Å². The molecule has 0 bridgehead atoms. The van der Waals surface area contributed by atoms with E-state index in [9.17, 15) is 0 Å². The Hall–Kier alpha value is -1.35. The summed E-state index contributed by atoms with van der Waals surface area (Å²) in [5, 5.41) is 0.436. The Morgan fingerprint density at radius 2 is 2.00 bits per heavy atom. The molecule has 0 saturated carbocycles. The molecular weight excluding hydrogens is 224 g/mol. The van der Waals surface area contributed by atoms with Crippen LogP contribution in [-0.2, 0) is 5.41 Å². The smallest absolute Gasteiger partial charge is 0.152 e. The summed E-state index contributed by atoms with van der Waals surface area (Å²) in [5.74, 6) is 1.42. The second kappa shape index (κ2) is 3.91. The molecule has 0 aliphatic carbocycles. The standard InChI is InChI=1S/C12H13ClN2O/c1-12(2,3)11-14-8(7-10(13)15-11)9-5-4-6-16-9/h4-7H,1-3H3. The van der Waals surface area contributed by atoms with E-state index in [1.165, 1.54) is 0 Å². The molecule has 0 N–H and O–H groups in total. The van der Waals surface area contributed by atoms with Gasteiger partial charge in [-0.05, 0) is 12.1 Å². The summed E-state index contributed by atoms with van der Waals surface area (Å²) in [5.41, 5.74) is 0.585. The van der Waals surface area contributed by atoms with E-state index in [4.69, 9.17) is 16.0 Å². The molecule has 2 rings (SSSR count). The molecule has 0 aliphatic heterocycles. The maximum absolute atomic E-state index is 5.98. The number of nitrogens with zero attached hydrogens (tertiary/aromatic N) is 2. The fraction of sp³-hybridized carbons (Fsp3) is 0.333. The van der Waals surface area contributed by atoms with Crippen LogP contribution >= 0.6 is 11.6 Å². The molecule has 2 aromatic rings. The molecule has 0 radical (unpaired) electrons. The quantitative estimate of drug-likeness (QED) is 0.709. The second-order valence-corrected chi connectivity index (χ2v) is 5.01. The Morgan fingerprint density at radius 1 is 1.25 bits per heavy atom. The van der Waals surface area contributed by atoms with Gasteiger partial charge in [0.15, 0.2) is 5.76 Å². The Balaban J connectivity index is 2.53. The lowest BCUT2D eigenvalue weighted by atomic mass is 9.95. The minimum atomic E-state index is -0.133. The molecule has 0 aromatic carbocycles. The zero-order chi connectivity index (χ0) is 11.8. The second-order valence-electron chi connectivity index (χ2n) is 4.63. The van der Waals surface area contributed by atoms with Crippen molar-refractivity contribution in [3.63, 3.8) is 0 Å². The molecule has 2 aromatic heterocycles. The molecule has 0 aliphatic rings. The molecule has 16 heavy (non-hydrogen) atoms. The molecule has 0 fully saturated rings. The lowest BCUT2D eigenvalue weighted by Crippen LogP contribution is -2.16. The minimum absolute atomic E-state index is 0.133. The van der Waals surface area contributed by atoms with Gasteiger partial charge in [-0.15, -0.1) is 0 Å². The van der Waals surface area contributed by atoms with E-state index in [0.29, 0.717) is 16.7 Å². The SMILES string of the molecule is CC(C)(C)c1nc(Cl)cc(-c2ccco2)n1. The van der Waals surface area contributed by atoms with Gasteiger partial charge in [0.1, 0.15) is 16.7 Å². The van der Waals surface area contributed by atoms with Crippen molar-refractivity contribution >= 4 is 11.6 Å². The zero-order valence-corrected chi connectivity index (χ0v) is 10.2. The minimum Gasteiger partial charge on any atom is -0.463 e. The normalized spacial score (nSPS) is 11.8. The van der Waals surface area contributed by atoms with E-state index >= 15 is 0 Å². The zero-order valence-electron chi connectivity index (χ0n) is 9.49. The largest absolute Gasteiger partial charge is 0.463 e. The Bertz CT molecular complexity index is 486. The van der Waals surface area contributed by atoms with Crippen molar-refractivity contribution in [1.82, 2.24) is 9.97 Å². The van der Waals surface area contributed by atoms with Crippen molar-refractivity contribution in [2.45, 2.75) is 26.2 Å². The first kappa shape index (κ1) is 11.1. The van der Waals surface area contributed by atoms with Crippen LogP contribution in [0.15, 0.2) is 28.9 Å². The Labute approximate surface area is 99.5 Å². The Morgan fingerprint density at radius 3 is 2.56 bits per heavy atom. The predicted octanol–water partition coefficient (Wildman–Crippen LogP) is 3.69. The van der Waals surface area contributed by atoms with Gasteiger partial charge in [-0.3, -0.25) is 0 Å². The van der Waals surface area contributed by atoms with E-state index in [2.05, 4.69) is 9.97 Å². The highest BCUT2D eigenvalue weighted by atomic mass is 35.5. The maximum Gasteiger partial charge on any atom is 0.152 e.